The number of amides is 2. The molecule has 0 saturated carbocycles. The number of hydroxylamine groups is 1. The second-order valence-electron chi connectivity index (χ2n) is 22.8. The van der Waals surface area contributed by atoms with Crippen molar-refractivity contribution in [3.05, 3.63) is 49.8 Å². The van der Waals surface area contributed by atoms with Crippen LogP contribution in [0.4, 0.5) is 4.79 Å². The lowest BCUT2D eigenvalue weighted by Gasteiger charge is -2.47. The number of aliphatic hydroxyl groups is 4. The van der Waals surface area contributed by atoms with Crippen molar-refractivity contribution in [2.45, 2.75) is 201 Å². The van der Waals surface area contributed by atoms with Gasteiger partial charge in [0.2, 0.25) is 23.1 Å². The third-order valence-corrected chi connectivity index (χ3v) is 21.9. The van der Waals surface area contributed by atoms with Gasteiger partial charge in [-0.15, -0.1) is 0 Å². The minimum atomic E-state index is -1.94. The molecular formula is C59H80IN3O23S3. The number of alkyl carbamates (subject to hydrolysis) is 1. The number of nitrogens with one attached hydrogen (secondary N) is 2. The number of benzene rings is 1. The number of likely N-dealkylation sites (N-methyl/N-ethyl adjacent to an activating group) is 1. The number of fused-ring (bicyclic) bond motifs is 3. The Morgan fingerprint density at radius 2 is 1.65 bits per heavy atom. The fraction of sp³-hybridized carbons (Fsp3) is 0.678. The Hall–Kier alpha value is -3.67. The molecule has 1 aromatic rings. The van der Waals surface area contributed by atoms with Crippen LogP contribution in [0, 0.1) is 22.3 Å². The highest BCUT2D eigenvalue weighted by atomic mass is 127. The number of hydrogen-bond donors (Lipinski definition) is 6. The maximum atomic E-state index is 14.5. The lowest BCUT2D eigenvalue weighted by atomic mass is 9.74. The molecule has 5 aliphatic heterocycles. The van der Waals surface area contributed by atoms with Crippen LogP contribution in [0.1, 0.15) is 90.1 Å². The minimum Gasteiger partial charge on any atom is -0.492 e. The Kier molecular flexibility index (Phi) is 24.5. The van der Waals surface area contributed by atoms with E-state index in [9.17, 15) is 44.4 Å². The van der Waals surface area contributed by atoms with E-state index in [4.69, 9.17) is 66.4 Å². The van der Waals surface area contributed by atoms with E-state index >= 15 is 0 Å². The second kappa shape index (κ2) is 30.6. The Morgan fingerprint density at radius 1 is 0.921 bits per heavy atom. The summed E-state index contributed by atoms with van der Waals surface area (Å²) in [6, 6.07) is -1.62. The number of allylic oxidation sites excluding steroid dienone is 2. The molecule has 0 spiro atoms. The lowest BCUT2D eigenvalue weighted by Crippen LogP contribution is -2.65. The average Bonchev–Trinajstić information content (AvgIpc) is 2.38. The van der Waals surface area contributed by atoms with Crippen LogP contribution >= 0.6 is 55.9 Å². The molecule has 5 heterocycles. The highest BCUT2D eigenvalue weighted by Gasteiger charge is 2.59. The van der Waals surface area contributed by atoms with Gasteiger partial charge in [-0.1, -0.05) is 51.3 Å². The second-order valence-corrected chi connectivity index (χ2v) is 28.1. The van der Waals surface area contributed by atoms with Crippen molar-refractivity contribution in [3.8, 4) is 29.1 Å². The number of halogens is 1. The molecule has 0 radical (unpaired) electrons. The molecule has 494 valence electrons. The van der Waals surface area contributed by atoms with Crippen LogP contribution in [0.15, 0.2) is 35.1 Å². The molecule has 2 aliphatic carbocycles. The van der Waals surface area contributed by atoms with Crippen molar-refractivity contribution >= 4 is 84.6 Å². The first-order chi connectivity index (χ1) is 42.2. The largest absolute Gasteiger partial charge is 0.492 e. The molecule has 17 unspecified atom stereocenters. The number of thioether (sulfide) groups is 1. The average molecular weight is 1420 g/mol. The Labute approximate surface area is 542 Å². The van der Waals surface area contributed by atoms with E-state index in [1.165, 1.54) is 76.0 Å². The van der Waals surface area contributed by atoms with Gasteiger partial charge in [-0.3, -0.25) is 29.3 Å². The standard InChI is InChI=1S/C59H80IN3O23S3/c1-14-63(30(6)65)32-25-78-37(22-36(32)73-9)82-49-44(68)42(28(4)80-55(49)81-35-17-15-16-19-59(72)24-34(67)43(61-57(71)77-13)40(35)31(59)18-20-87-89-58(7,8)23-26(2)64)62-86-38-21-33(66)52(29(5)79-38)88-53(70)39-27(3)41(60)47(50(76-12)46(39)74-10)83-54-45(69)48(75-11)51-56(84-51)85-54/h16,18-19,28-29,32-33,35-38,42,44-45,48-49,51-52,54-56,62,66,68-69,72H,14,20-25H2,1-13H3,(H,61,71)/b19-16-,31-18+/t28?,29?,32?,33?,35-,36?,37?,38?,42?,44?,45?,48?,49?,51?,52?,54?,55?,56?,59-/m0/s1. The molecule has 1 aromatic carbocycles. The van der Waals surface area contributed by atoms with E-state index in [0.717, 1.165) is 18.9 Å². The summed E-state index contributed by atoms with van der Waals surface area (Å²) in [7, 11) is 9.69. The first-order valence-electron chi connectivity index (χ1n) is 28.9. The van der Waals surface area contributed by atoms with Crippen LogP contribution in [0.3, 0.4) is 0 Å². The van der Waals surface area contributed by atoms with Gasteiger partial charge in [0, 0.05) is 69.4 Å². The van der Waals surface area contributed by atoms with E-state index in [1.54, 1.807) is 31.7 Å². The van der Waals surface area contributed by atoms with Crippen molar-refractivity contribution in [1.82, 2.24) is 15.7 Å². The number of rotatable bonds is 24. The molecule has 5 fully saturated rings. The van der Waals surface area contributed by atoms with Crippen molar-refractivity contribution < 1.29 is 111 Å². The first kappa shape index (κ1) is 71.2. The maximum absolute atomic E-state index is 14.5. The third-order valence-electron chi connectivity index (χ3n) is 16.1. The van der Waals surface area contributed by atoms with Crippen LogP contribution in [0.2, 0.25) is 0 Å². The number of aliphatic hydroxyl groups excluding tert-OH is 3. The Morgan fingerprint density at radius 3 is 2.29 bits per heavy atom. The molecule has 30 heteroatoms. The summed E-state index contributed by atoms with van der Waals surface area (Å²) >= 11 is 2.84. The zero-order valence-corrected chi connectivity index (χ0v) is 56.3. The number of ketones is 2. The molecule has 0 aromatic heterocycles. The molecule has 2 bridgehead atoms. The van der Waals surface area contributed by atoms with Crippen LogP contribution in [-0.4, -0.2) is 229 Å². The predicted octanol–water partition coefficient (Wildman–Crippen LogP) is 3.91. The normalized spacial score (nSPS) is 35.1. The number of carbonyl (C=O) groups is 5. The summed E-state index contributed by atoms with van der Waals surface area (Å²) in [5.41, 5.74) is 1.45. The third kappa shape index (κ3) is 16.1. The predicted molar refractivity (Wildman–Crippen MR) is 330 cm³/mol. The summed E-state index contributed by atoms with van der Waals surface area (Å²) in [5.74, 6) is 5.53. The number of methoxy groups -OCH3 is 5. The summed E-state index contributed by atoms with van der Waals surface area (Å²) < 4.78 is 77.9. The monoisotopic (exact) mass is 1420 g/mol. The molecule has 89 heavy (non-hydrogen) atoms. The fourth-order valence-electron chi connectivity index (χ4n) is 11.8. The molecule has 26 nitrogen and oxygen atoms in total. The van der Waals surface area contributed by atoms with Gasteiger partial charge in [0.1, 0.15) is 48.0 Å². The zero-order valence-electron chi connectivity index (χ0n) is 51.7. The van der Waals surface area contributed by atoms with Gasteiger partial charge in [0.25, 0.3) is 0 Å². The van der Waals surface area contributed by atoms with Gasteiger partial charge in [-0.05, 0) is 94.3 Å². The number of epoxide rings is 1. The maximum Gasteiger partial charge on any atom is 0.411 e. The summed E-state index contributed by atoms with van der Waals surface area (Å²) in [6.45, 7) is 14.0. The molecule has 6 N–H and O–H groups in total. The Balaban J connectivity index is 1.02. The van der Waals surface area contributed by atoms with Crippen LogP contribution < -0.4 is 25.0 Å². The van der Waals surface area contributed by atoms with Gasteiger partial charge < -0.3 is 86.9 Å². The minimum absolute atomic E-state index is 0.0126. The van der Waals surface area contributed by atoms with Gasteiger partial charge in [-0.2, -0.15) is 5.48 Å². The van der Waals surface area contributed by atoms with Crippen molar-refractivity contribution in [3.63, 3.8) is 0 Å². The van der Waals surface area contributed by atoms with Crippen LogP contribution in [0.25, 0.3) is 0 Å². The topological polar surface area (TPSA) is 326 Å². The highest BCUT2D eigenvalue weighted by molar-refractivity contribution is 14.1. The van der Waals surface area contributed by atoms with Crippen molar-refractivity contribution in [1.29, 1.82) is 0 Å². The zero-order chi connectivity index (χ0) is 65.0. The molecule has 8 rings (SSSR count). The van der Waals surface area contributed by atoms with E-state index in [-0.39, 0.29) is 76.5 Å². The van der Waals surface area contributed by atoms with Crippen LogP contribution in [-0.2, 0) is 66.6 Å². The SMILES string of the molecule is CCN(C(C)=O)C1COC(OC2C(O[C@H]3C#C/C=C\[C@]4(O)CC(=O)C(NC(=O)OC)=C3/C4=C\CSSC(C)(C)CC(C)=O)OC(C)C(NOC3CC(O)C(SC(=O)c4c(C)c(I)c(OC5OC6OC6C(OC)C5O)c(OC)c4OC)C(C)O3)C2O)CC1OC. The van der Waals surface area contributed by atoms with Crippen molar-refractivity contribution in [2.75, 3.05) is 54.5 Å². The summed E-state index contributed by atoms with van der Waals surface area (Å²) in [4.78, 5) is 74.1. The lowest BCUT2D eigenvalue weighted by molar-refractivity contribution is -0.337. The van der Waals surface area contributed by atoms with E-state index in [2.05, 4.69) is 22.6 Å². The number of nitrogens with zero attached hydrogens (tertiary/aromatic N) is 1. The van der Waals surface area contributed by atoms with Gasteiger partial charge >= 0.3 is 6.09 Å². The molecule has 19 atom stereocenters. The van der Waals surface area contributed by atoms with Crippen LogP contribution in [0.5, 0.6) is 17.2 Å². The number of Topliss-reactive ketones (excluding diaryl/α,β-unsaturated/α-hetero) is 2. The van der Waals surface area contributed by atoms with Gasteiger partial charge in [0.05, 0.1) is 84.5 Å². The summed E-state index contributed by atoms with van der Waals surface area (Å²) in [5, 5.41) is 49.0. The number of ether oxygens (including phenoxy) is 13. The van der Waals surface area contributed by atoms with Crippen molar-refractivity contribution in [2.24, 2.45) is 0 Å². The highest BCUT2D eigenvalue weighted by Crippen LogP contribution is 2.50. The molecule has 5 saturated heterocycles. The molecular weight excluding hydrogens is 1340 g/mol. The smallest absolute Gasteiger partial charge is 0.411 e. The van der Waals surface area contributed by atoms with E-state index < -0.39 is 144 Å². The first-order valence-corrected chi connectivity index (χ1v) is 33.2. The number of carbonyl (C=O) groups excluding carboxylic acids is 5. The van der Waals surface area contributed by atoms with Gasteiger partial charge in [0.15, 0.2) is 42.4 Å². The quantitative estimate of drug-likeness (QED) is 0.0213. The number of hydrogen-bond acceptors (Lipinski definition) is 27. The van der Waals surface area contributed by atoms with Gasteiger partial charge in [-0.25, -0.2) is 4.79 Å². The molecule has 2 amide bonds. The summed E-state index contributed by atoms with van der Waals surface area (Å²) in [6.07, 6.45) is -13.0. The molecule has 7 aliphatic rings. The Bertz CT molecular complexity index is 2930. The fourth-order valence-corrected chi connectivity index (χ4v) is 16.0. The van der Waals surface area contributed by atoms with E-state index in [0.29, 0.717) is 22.1 Å². The van der Waals surface area contributed by atoms with E-state index in [1.807, 2.05) is 43.4 Å².